The van der Waals surface area contributed by atoms with Crippen LogP contribution in [0.3, 0.4) is 0 Å². The Kier molecular flexibility index (Phi) is 4.63. The molecule has 0 bridgehead atoms. The Hall–Kier alpha value is -1.75. The molecular weight excluding hydrogens is 244 g/mol. The molecule has 2 rings (SSSR count). The van der Waals surface area contributed by atoms with E-state index in [1.165, 1.54) is 0 Å². The van der Waals surface area contributed by atoms with Crippen LogP contribution < -0.4 is 15.8 Å². The number of rotatable bonds is 4. The molecule has 1 aliphatic rings. The fourth-order valence-corrected chi connectivity index (χ4v) is 2.01. The summed E-state index contributed by atoms with van der Waals surface area (Å²) < 4.78 is 11.2. The first kappa shape index (κ1) is 13.7. The highest BCUT2D eigenvalue weighted by atomic mass is 16.5. The van der Waals surface area contributed by atoms with Gasteiger partial charge in [0, 0.05) is 24.9 Å². The Morgan fingerprint density at radius 3 is 2.89 bits per heavy atom. The summed E-state index contributed by atoms with van der Waals surface area (Å²) in [5.41, 5.74) is 7.02. The van der Waals surface area contributed by atoms with E-state index in [4.69, 9.17) is 15.2 Å². The van der Waals surface area contributed by atoms with Crippen LogP contribution in [0.5, 0.6) is 5.75 Å². The molecular formula is C14H20N2O3. The third-order valence-electron chi connectivity index (χ3n) is 3.08. The van der Waals surface area contributed by atoms with Gasteiger partial charge in [-0.3, -0.25) is 4.79 Å². The quantitative estimate of drug-likeness (QED) is 0.810. The lowest BCUT2D eigenvalue weighted by Gasteiger charge is -2.24. The number of amides is 1. The van der Waals surface area contributed by atoms with Crippen LogP contribution in [0.15, 0.2) is 18.2 Å². The Morgan fingerprint density at radius 1 is 1.47 bits per heavy atom. The highest BCUT2D eigenvalue weighted by Gasteiger charge is 2.17. The van der Waals surface area contributed by atoms with Gasteiger partial charge < -0.3 is 20.5 Å². The summed E-state index contributed by atoms with van der Waals surface area (Å²) >= 11 is 0. The predicted octanol–water partition coefficient (Wildman–Crippen LogP) is 1.58. The molecule has 1 aromatic carbocycles. The maximum Gasteiger partial charge on any atom is 0.251 e. The van der Waals surface area contributed by atoms with Crippen LogP contribution in [0, 0.1) is 0 Å². The fraction of sp³-hybridized carbons (Fsp3) is 0.500. The van der Waals surface area contributed by atoms with E-state index in [1.807, 2.05) is 6.92 Å². The summed E-state index contributed by atoms with van der Waals surface area (Å²) in [6, 6.07) is 5.12. The van der Waals surface area contributed by atoms with Crippen molar-refractivity contribution in [1.82, 2.24) is 5.32 Å². The first-order valence-corrected chi connectivity index (χ1v) is 6.63. The second-order valence-electron chi connectivity index (χ2n) is 4.54. The molecule has 0 saturated carbocycles. The van der Waals surface area contributed by atoms with E-state index in [0.717, 1.165) is 12.8 Å². The standard InChI is InChI=1S/C14H20N2O3/c1-2-16-14(17)10-3-4-12(15)13(9-10)19-11-5-7-18-8-6-11/h3-4,9,11H,2,5-8,15H2,1H3,(H,16,17). The van der Waals surface area contributed by atoms with Crippen LogP contribution in [0.25, 0.3) is 0 Å². The number of carbonyl (C=O) groups excluding carboxylic acids is 1. The first-order chi connectivity index (χ1) is 9.20. The molecule has 0 unspecified atom stereocenters. The normalized spacial score (nSPS) is 16.1. The smallest absolute Gasteiger partial charge is 0.251 e. The van der Waals surface area contributed by atoms with E-state index in [2.05, 4.69) is 5.32 Å². The zero-order chi connectivity index (χ0) is 13.7. The molecule has 1 aliphatic heterocycles. The average molecular weight is 264 g/mol. The van der Waals surface area contributed by atoms with Crippen molar-refractivity contribution in [2.24, 2.45) is 0 Å². The molecule has 0 spiro atoms. The summed E-state index contributed by atoms with van der Waals surface area (Å²) in [6.07, 6.45) is 1.82. The lowest BCUT2D eigenvalue weighted by Crippen LogP contribution is -2.26. The number of anilines is 1. The zero-order valence-electron chi connectivity index (χ0n) is 11.1. The molecule has 5 nitrogen and oxygen atoms in total. The van der Waals surface area contributed by atoms with Crippen molar-refractivity contribution in [1.29, 1.82) is 0 Å². The Balaban J connectivity index is 2.10. The number of ether oxygens (including phenoxy) is 2. The number of hydrogen-bond donors (Lipinski definition) is 2. The minimum atomic E-state index is -0.112. The van der Waals surface area contributed by atoms with Crippen LogP contribution in [0.2, 0.25) is 0 Å². The second kappa shape index (κ2) is 6.43. The Labute approximate surface area is 113 Å². The van der Waals surface area contributed by atoms with Gasteiger partial charge in [-0.15, -0.1) is 0 Å². The number of benzene rings is 1. The molecule has 1 aromatic rings. The maximum absolute atomic E-state index is 11.8. The van der Waals surface area contributed by atoms with Crippen molar-refractivity contribution in [3.63, 3.8) is 0 Å². The van der Waals surface area contributed by atoms with E-state index < -0.39 is 0 Å². The van der Waals surface area contributed by atoms with Gasteiger partial charge in [0.05, 0.1) is 18.9 Å². The third kappa shape index (κ3) is 3.61. The van der Waals surface area contributed by atoms with Gasteiger partial charge in [-0.2, -0.15) is 0 Å². The van der Waals surface area contributed by atoms with Crippen LogP contribution >= 0.6 is 0 Å². The Morgan fingerprint density at radius 2 is 2.21 bits per heavy atom. The fourth-order valence-electron chi connectivity index (χ4n) is 2.01. The Bertz CT molecular complexity index is 442. The zero-order valence-corrected chi connectivity index (χ0v) is 11.1. The topological polar surface area (TPSA) is 73.6 Å². The summed E-state index contributed by atoms with van der Waals surface area (Å²) in [4.78, 5) is 11.8. The number of nitrogens with two attached hydrogens (primary N) is 1. The highest BCUT2D eigenvalue weighted by molar-refractivity contribution is 5.95. The van der Waals surface area contributed by atoms with Gasteiger partial charge in [0.1, 0.15) is 11.9 Å². The summed E-state index contributed by atoms with van der Waals surface area (Å²) in [7, 11) is 0. The number of hydrogen-bond acceptors (Lipinski definition) is 4. The van der Waals surface area contributed by atoms with Crippen molar-refractivity contribution < 1.29 is 14.3 Å². The summed E-state index contributed by atoms with van der Waals surface area (Å²) in [5, 5.41) is 2.76. The van der Waals surface area contributed by atoms with E-state index in [9.17, 15) is 4.79 Å². The first-order valence-electron chi connectivity index (χ1n) is 6.63. The molecule has 5 heteroatoms. The molecule has 1 fully saturated rings. The van der Waals surface area contributed by atoms with E-state index in [1.54, 1.807) is 18.2 Å². The van der Waals surface area contributed by atoms with Crippen LogP contribution in [-0.2, 0) is 4.74 Å². The van der Waals surface area contributed by atoms with Crippen molar-refractivity contribution >= 4 is 11.6 Å². The molecule has 1 saturated heterocycles. The molecule has 0 radical (unpaired) electrons. The highest BCUT2D eigenvalue weighted by Crippen LogP contribution is 2.26. The van der Waals surface area contributed by atoms with Gasteiger partial charge in [0.15, 0.2) is 0 Å². The lowest BCUT2D eigenvalue weighted by atomic mass is 10.1. The number of nitrogen functional groups attached to an aromatic ring is 1. The molecule has 3 N–H and O–H groups in total. The minimum Gasteiger partial charge on any atom is -0.488 e. The largest absolute Gasteiger partial charge is 0.488 e. The van der Waals surface area contributed by atoms with Gasteiger partial charge in [0.25, 0.3) is 5.91 Å². The van der Waals surface area contributed by atoms with Crippen molar-refractivity contribution in [3.05, 3.63) is 23.8 Å². The monoisotopic (exact) mass is 264 g/mol. The van der Waals surface area contributed by atoms with Gasteiger partial charge >= 0.3 is 0 Å². The van der Waals surface area contributed by atoms with Crippen LogP contribution in [0.1, 0.15) is 30.1 Å². The van der Waals surface area contributed by atoms with E-state index in [0.29, 0.717) is 36.8 Å². The van der Waals surface area contributed by atoms with Gasteiger partial charge in [-0.1, -0.05) is 0 Å². The van der Waals surface area contributed by atoms with Crippen molar-refractivity contribution in [2.45, 2.75) is 25.9 Å². The van der Waals surface area contributed by atoms with Gasteiger partial charge in [-0.25, -0.2) is 0 Å². The number of carbonyl (C=O) groups is 1. The molecule has 1 amide bonds. The maximum atomic E-state index is 11.8. The van der Waals surface area contributed by atoms with Crippen molar-refractivity contribution in [2.75, 3.05) is 25.5 Å². The van der Waals surface area contributed by atoms with Crippen LogP contribution in [-0.4, -0.2) is 31.8 Å². The molecule has 0 aromatic heterocycles. The van der Waals surface area contributed by atoms with E-state index >= 15 is 0 Å². The molecule has 104 valence electrons. The summed E-state index contributed by atoms with van der Waals surface area (Å²) in [5.74, 6) is 0.468. The number of nitrogens with one attached hydrogen (secondary N) is 1. The molecule has 0 atom stereocenters. The van der Waals surface area contributed by atoms with E-state index in [-0.39, 0.29) is 12.0 Å². The van der Waals surface area contributed by atoms with Crippen molar-refractivity contribution in [3.8, 4) is 5.75 Å². The molecule has 0 aliphatic carbocycles. The third-order valence-corrected chi connectivity index (χ3v) is 3.08. The predicted molar refractivity (Wildman–Crippen MR) is 73.3 cm³/mol. The van der Waals surface area contributed by atoms with Crippen LogP contribution in [0.4, 0.5) is 5.69 Å². The van der Waals surface area contributed by atoms with Gasteiger partial charge in [0.2, 0.25) is 0 Å². The summed E-state index contributed by atoms with van der Waals surface area (Å²) in [6.45, 7) is 3.90. The molecule has 1 heterocycles. The van der Waals surface area contributed by atoms with Gasteiger partial charge in [-0.05, 0) is 25.1 Å². The molecule has 19 heavy (non-hydrogen) atoms. The average Bonchev–Trinajstić information content (AvgIpc) is 2.42. The minimum absolute atomic E-state index is 0.112. The SMILES string of the molecule is CCNC(=O)c1ccc(N)c(OC2CCOCC2)c1. The second-order valence-corrected chi connectivity index (χ2v) is 4.54. The lowest BCUT2D eigenvalue weighted by molar-refractivity contribution is 0.0258.